The van der Waals surface area contributed by atoms with E-state index in [0.29, 0.717) is 35.1 Å². The molecule has 2 rings (SSSR count). The zero-order valence-electron chi connectivity index (χ0n) is 13.2. The lowest BCUT2D eigenvalue weighted by molar-refractivity contribution is 0.102. The SMILES string of the molecule is CC(C)CCOc1ccc(NC(=O)c2cccnc2)cc1C#N. The van der Waals surface area contributed by atoms with E-state index in [4.69, 9.17) is 4.74 Å². The van der Waals surface area contributed by atoms with Gasteiger partial charge in [-0.2, -0.15) is 5.26 Å². The minimum Gasteiger partial charge on any atom is -0.492 e. The van der Waals surface area contributed by atoms with Gasteiger partial charge in [0, 0.05) is 18.1 Å². The fourth-order valence-electron chi connectivity index (χ4n) is 1.93. The van der Waals surface area contributed by atoms with Crippen molar-refractivity contribution in [3.05, 3.63) is 53.9 Å². The normalized spacial score (nSPS) is 10.2. The van der Waals surface area contributed by atoms with Crippen LogP contribution in [0.2, 0.25) is 0 Å². The van der Waals surface area contributed by atoms with Crippen molar-refractivity contribution in [3.8, 4) is 11.8 Å². The zero-order chi connectivity index (χ0) is 16.7. The smallest absolute Gasteiger partial charge is 0.257 e. The average Bonchev–Trinajstić information content (AvgIpc) is 2.56. The van der Waals surface area contributed by atoms with Crippen molar-refractivity contribution in [2.24, 2.45) is 5.92 Å². The molecule has 23 heavy (non-hydrogen) atoms. The number of amides is 1. The number of anilines is 1. The van der Waals surface area contributed by atoms with E-state index in [2.05, 4.69) is 30.2 Å². The second-order valence-electron chi connectivity index (χ2n) is 5.55. The third kappa shape index (κ3) is 4.82. The first-order valence-electron chi connectivity index (χ1n) is 7.48. The van der Waals surface area contributed by atoms with Crippen LogP contribution < -0.4 is 10.1 Å². The van der Waals surface area contributed by atoms with Gasteiger partial charge in [-0.25, -0.2) is 0 Å². The zero-order valence-corrected chi connectivity index (χ0v) is 13.2. The van der Waals surface area contributed by atoms with Gasteiger partial charge in [-0.05, 0) is 42.7 Å². The van der Waals surface area contributed by atoms with Gasteiger partial charge < -0.3 is 10.1 Å². The summed E-state index contributed by atoms with van der Waals surface area (Å²) in [4.78, 5) is 16.0. The second kappa shape index (κ2) is 7.95. The van der Waals surface area contributed by atoms with Gasteiger partial charge in [0.15, 0.2) is 0 Å². The minimum atomic E-state index is -0.268. The molecule has 0 atom stereocenters. The van der Waals surface area contributed by atoms with Crippen LogP contribution in [-0.4, -0.2) is 17.5 Å². The topological polar surface area (TPSA) is 75.0 Å². The Morgan fingerprint density at radius 3 is 2.87 bits per heavy atom. The first-order chi connectivity index (χ1) is 11.1. The lowest BCUT2D eigenvalue weighted by Crippen LogP contribution is -2.12. The molecule has 0 saturated heterocycles. The third-order valence-corrected chi connectivity index (χ3v) is 3.23. The Bertz CT molecular complexity index is 706. The maximum absolute atomic E-state index is 12.1. The van der Waals surface area contributed by atoms with E-state index in [-0.39, 0.29) is 5.91 Å². The van der Waals surface area contributed by atoms with E-state index >= 15 is 0 Å². The standard InChI is InChI=1S/C18H19N3O2/c1-13(2)7-9-23-17-6-5-16(10-15(17)11-19)21-18(22)14-4-3-8-20-12-14/h3-6,8,10,12-13H,7,9H2,1-2H3,(H,21,22). The second-order valence-corrected chi connectivity index (χ2v) is 5.55. The molecule has 0 bridgehead atoms. The summed E-state index contributed by atoms with van der Waals surface area (Å²) in [5, 5.41) is 12.0. The summed E-state index contributed by atoms with van der Waals surface area (Å²) in [6.07, 6.45) is 4.02. The summed E-state index contributed by atoms with van der Waals surface area (Å²) >= 11 is 0. The molecule has 1 heterocycles. The molecule has 0 spiro atoms. The minimum absolute atomic E-state index is 0.268. The van der Waals surface area contributed by atoms with E-state index < -0.39 is 0 Å². The lowest BCUT2D eigenvalue weighted by atomic mass is 10.1. The number of nitrogens with zero attached hydrogens (tertiary/aromatic N) is 2. The number of ether oxygens (including phenoxy) is 1. The molecule has 5 nitrogen and oxygen atoms in total. The molecule has 1 aromatic carbocycles. The average molecular weight is 309 g/mol. The number of carbonyl (C=O) groups excluding carboxylic acids is 1. The van der Waals surface area contributed by atoms with Crippen molar-refractivity contribution in [1.82, 2.24) is 4.98 Å². The summed E-state index contributed by atoms with van der Waals surface area (Å²) in [7, 11) is 0. The number of pyridine rings is 1. The van der Waals surface area contributed by atoms with Crippen molar-refractivity contribution in [1.29, 1.82) is 5.26 Å². The lowest BCUT2D eigenvalue weighted by Gasteiger charge is -2.11. The van der Waals surface area contributed by atoms with Crippen LogP contribution in [0.3, 0.4) is 0 Å². The number of hydrogen-bond acceptors (Lipinski definition) is 4. The summed E-state index contributed by atoms with van der Waals surface area (Å²) in [6.45, 7) is 4.80. The van der Waals surface area contributed by atoms with Crippen LogP contribution in [0.25, 0.3) is 0 Å². The van der Waals surface area contributed by atoms with Gasteiger partial charge in [-0.1, -0.05) is 13.8 Å². The van der Waals surface area contributed by atoms with Gasteiger partial charge in [-0.3, -0.25) is 9.78 Å². The highest BCUT2D eigenvalue weighted by molar-refractivity contribution is 6.04. The number of carbonyl (C=O) groups is 1. The highest BCUT2D eigenvalue weighted by Crippen LogP contribution is 2.23. The van der Waals surface area contributed by atoms with Gasteiger partial charge >= 0.3 is 0 Å². The molecule has 0 unspecified atom stereocenters. The molecule has 1 N–H and O–H groups in total. The van der Waals surface area contributed by atoms with Crippen molar-refractivity contribution in [2.45, 2.75) is 20.3 Å². The highest BCUT2D eigenvalue weighted by Gasteiger charge is 2.09. The van der Waals surface area contributed by atoms with Gasteiger partial charge in [0.1, 0.15) is 11.8 Å². The number of nitrogens with one attached hydrogen (secondary N) is 1. The Labute approximate surface area is 135 Å². The summed E-state index contributed by atoms with van der Waals surface area (Å²) in [5.74, 6) is 0.807. The Morgan fingerprint density at radius 1 is 1.39 bits per heavy atom. The summed E-state index contributed by atoms with van der Waals surface area (Å²) in [6, 6.07) is 10.5. The van der Waals surface area contributed by atoms with Crippen LogP contribution in [0.1, 0.15) is 36.2 Å². The Morgan fingerprint density at radius 2 is 2.22 bits per heavy atom. The highest BCUT2D eigenvalue weighted by atomic mass is 16.5. The number of rotatable bonds is 6. The monoisotopic (exact) mass is 309 g/mol. The van der Waals surface area contributed by atoms with E-state index in [1.807, 2.05) is 0 Å². The van der Waals surface area contributed by atoms with Crippen LogP contribution in [0.5, 0.6) is 5.75 Å². The molecule has 0 saturated carbocycles. The molecule has 1 amide bonds. The molecule has 118 valence electrons. The van der Waals surface area contributed by atoms with Gasteiger partial charge in [0.25, 0.3) is 5.91 Å². The maximum Gasteiger partial charge on any atom is 0.257 e. The van der Waals surface area contributed by atoms with E-state index in [9.17, 15) is 10.1 Å². The molecule has 0 aliphatic heterocycles. The Hall–Kier alpha value is -2.87. The fraction of sp³-hybridized carbons (Fsp3) is 0.278. The summed E-state index contributed by atoms with van der Waals surface area (Å²) in [5.41, 5.74) is 1.41. The van der Waals surface area contributed by atoms with Gasteiger partial charge in [-0.15, -0.1) is 0 Å². The van der Waals surface area contributed by atoms with Crippen molar-refractivity contribution in [3.63, 3.8) is 0 Å². The summed E-state index contributed by atoms with van der Waals surface area (Å²) < 4.78 is 5.64. The van der Waals surface area contributed by atoms with Crippen molar-refractivity contribution >= 4 is 11.6 Å². The first kappa shape index (κ1) is 16.5. The third-order valence-electron chi connectivity index (χ3n) is 3.23. The molecule has 2 aromatic rings. The predicted octanol–water partition coefficient (Wildman–Crippen LogP) is 3.63. The Kier molecular flexibility index (Phi) is 5.70. The first-order valence-corrected chi connectivity index (χ1v) is 7.48. The molecule has 0 radical (unpaired) electrons. The van der Waals surface area contributed by atoms with E-state index in [1.165, 1.54) is 6.20 Å². The number of benzene rings is 1. The molecule has 0 fully saturated rings. The van der Waals surface area contributed by atoms with E-state index in [1.54, 1.807) is 36.5 Å². The van der Waals surface area contributed by atoms with Crippen LogP contribution in [-0.2, 0) is 0 Å². The van der Waals surface area contributed by atoms with Gasteiger partial charge in [0.2, 0.25) is 0 Å². The van der Waals surface area contributed by atoms with Crippen molar-refractivity contribution in [2.75, 3.05) is 11.9 Å². The Balaban J connectivity index is 2.07. The van der Waals surface area contributed by atoms with Gasteiger partial charge in [0.05, 0.1) is 17.7 Å². The number of hydrogen-bond donors (Lipinski definition) is 1. The predicted molar refractivity (Wildman–Crippen MR) is 88.3 cm³/mol. The number of aromatic nitrogens is 1. The van der Waals surface area contributed by atoms with Crippen LogP contribution in [0.4, 0.5) is 5.69 Å². The fourth-order valence-corrected chi connectivity index (χ4v) is 1.93. The maximum atomic E-state index is 12.1. The molecular weight excluding hydrogens is 290 g/mol. The molecular formula is C18H19N3O2. The molecule has 1 aromatic heterocycles. The quantitative estimate of drug-likeness (QED) is 0.884. The van der Waals surface area contributed by atoms with Crippen LogP contribution in [0.15, 0.2) is 42.7 Å². The molecule has 0 aliphatic rings. The van der Waals surface area contributed by atoms with Crippen molar-refractivity contribution < 1.29 is 9.53 Å². The number of nitriles is 1. The van der Waals surface area contributed by atoms with Crippen LogP contribution >= 0.6 is 0 Å². The molecule has 5 heteroatoms. The molecule has 0 aliphatic carbocycles. The largest absolute Gasteiger partial charge is 0.492 e. The van der Waals surface area contributed by atoms with E-state index in [0.717, 1.165) is 6.42 Å². The van der Waals surface area contributed by atoms with Crippen LogP contribution in [0, 0.1) is 17.2 Å².